The highest BCUT2D eigenvalue weighted by Crippen LogP contribution is 2.09. The third kappa shape index (κ3) is 4.11. The van der Waals surface area contributed by atoms with Crippen molar-refractivity contribution in [2.75, 3.05) is 18.5 Å². The number of benzene rings is 1. The van der Waals surface area contributed by atoms with Gasteiger partial charge in [0.15, 0.2) is 0 Å². The Morgan fingerprint density at radius 1 is 1.56 bits per heavy atom. The zero-order valence-corrected chi connectivity index (χ0v) is 9.19. The van der Waals surface area contributed by atoms with Crippen molar-refractivity contribution in [1.82, 2.24) is 0 Å². The summed E-state index contributed by atoms with van der Waals surface area (Å²) in [6, 6.07) is 8.77. The lowest BCUT2D eigenvalue weighted by Crippen LogP contribution is -2.18. The lowest BCUT2D eigenvalue weighted by Gasteiger charge is -2.05. The van der Waals surface area contributed by atoms with E-state index >= 15 is 0 Å². The fourth-order valence-electron chi connectivity index (χ4n) is 1.17. The Morgan fingerprint density at radius 2 is 2.38 bits per heavy atom. The molecule has 0 heterocycles. The Kier molecular flexibility index (Phi) is 5.03. The molecule has 0 unspecified atom stereocenters. The van der Waals surface area contributed by atoms with Crippen LogP contribution in [-0.2, 0) is 9.53 Å². The molecule has 1 aromatic rings. The monoisotopic (exact) mass is 218 g/mol. The normalized spacial score (nSPS) is 9.50. The van der Waals surface area contributed by atoms with Crippen LogP contribution in [0.25, 0.3) is 0 Å². The van der Waals surface area contributed by atoms with E-state index in [1.807, 2.05) is 13.0 Å². The maximum absolute atomic E-state index is 11.4. The molecule has 0 aliphatic heterocycles. The topological polar surface area (TPSA) is 62.1 Å². The van der Waals surface area contributed by atoms with Crippen molar-refractivity contribution in [3.8, 4) is 6.07 Å². The Labute approximate surface area is 94.8 Å². The second-order valence-electron chi connectivity index (χ2n) is 3.29. The Hall–Kier alpha value is -1.86. The third-order valence-electron chi connectivity index (χ3n) is 1.86. The van der Waals surface area contributed by atoms with E-state index in [-0.39, 0.29) is 12.5 Å². The zero-order valence-electron chi connectivity index (χ0n) is 9.19. The van der Waals surface area contributed by atoms with Gasteiger partial charge in [0.2, 0.25) is 5.91 Å². The van der Waals surface area contributed by atoms with Crippen molar-refractivity contribution in [3.05, 3.63) is 29.8 Å². The number of rotatable bonds is 5. The average molecular weight is 218 g/mol. The van der Waals surface area contributed by atoms with Crippen molar-refractivity contribution in [2.45, 2.75) is 13.3 Å². The summed E-state index contributed by atoms with van der Waals surface area (Å²) in [6.45, 7) is 2.60. The summed E-state index contributed by atoms with van der Waals surface area (Å²) in [7, 11) is 0. The summed E-state index contributed by atoms with van der Waals surface area (Å²) in [5, 5.41) is 11.3. The standard InChI is InChI=1S/C12H14N2O2/c1-2-6-16-9-12(15)14-11-5-3-4-10(7-11)8-13/h3-5,7H,2,6,9H2,1H3,(H,14,15). The molecule has 16 heavy (non-hydrogen) atoms. The highest BCUT2D eigenvalue weighted by Gasteiger charge is 2.02. The van der Waals surface area contributed by atoms with Crippen LogP contribution in [0.3, 0.4) is 0 Å². The summed E-state index contributed by atoms with van der Waals surface area (Å²) < 4.78 is 5.10. The summed E-state index contributed by atoms with van der Waals surface area (Å²) >= 11 is 0. The van der Waals surface area contributed by atoms with Crippen LogP contribution in [0.1, 0.15) is 18.9 Å². The minimum atomic E-state index is -0.205. The Bertz CT molecular complexity index is 396. The van der Waals surface area contributed by atoms with Gasteiger partial charge in [-0.3, -0.25) is 4.79 Å². The molecule has 0 atom stereocenters. The minimum Gasteiger partial charge on any atom is -0.372 e. The second kappa shape index (κ2) is 6.59. The number of hydrogen-bond donors (Lipinski definition) is 1. The van der Waals surface area contributed by atoms with Gasteiger partial charge in [-0.25, -0.2) is 0 Å². The molecule has 1 aromatic carbocycles. The first kappa shape index (κ1) is 12.2. The molecule has 0 saturated heterocycles. The molecule has 1 N–H and O–H groups in total. The zero-order chi connectivity index (χ0) is 11.8. The van der Waals surface area contributed by atoms with Gasteiger partial charge in [0.25, 0.3) is 0 Å². The van der Waals surface area contributed by atoms with E-state index in [9.17, 15) is 4.79 Å². The van der Waals surface area contributed by atoms with E-state index in [1.54, 1.807) is 24.3 Å². The van der Waals surface area contributed by atoms with Gasteiger partial charge in [0, 0.05) is 12.3 Å². The predicted molar refractivity (Wildman–Crippen MR) is 60.9 cm³/mol. The quantitative estimate of drug-likeness (QED) is 0.768. The Morgan fingerprint density at radius 3 is 3.06 bits per heavy atom. The van der Waals surface area contributed by atoms with Gasteiger partial charge >= 0.3 is 0 Å². The van der Waals surface area contributed by atoms with Gasteiger partial charge in [-0.1, -0.05) is 13.0 Å². The van der Waals surface area contributed by atoms with Crippen molar-refractivity contribution in [1.29, 1.82) is 5.26 Å². The van der Waals surface area contributed by atoms with Crippen LogP contribution in [0.4, 0.5) is 5.69 Å². The van der Waals surface area contributed by atoms with Gasteiger partial charge in [-0.05, 0) is 24.6 Å². The van der Waals surface area contributed by atoms with Crippen LogP contribution >= 0.6 is 0 Å². The lowest BCUT2D eigenvalue weighted by molar-refractivity contribution is -0.120. The number of anilines is 1. The first-order valence-electron chi connectivity index (χ1n) is 5.14. The first-order valence-corrected chi connectivity index (χ1v) is 5.14. The number of carbonyl (C=O) groups is 1. The van der Waals surface area contributed by atoms with E-state index in [4.69, 9.17) is 10.00 Å². The summed E-state index contributed by atoms with van der Waals surface area (Å²) in [4.78, 5) is 11.4. The number of ether oxygens (including phenoxy) is 1. The molecule has 0 saturated carbocycles. The van der Waals surface area contributed by atoms with Crippen molar-refractivity contribution in [3.63, 3.8) is 0 Å². The third-order valence-corrected chi connectivity index (χ3v) is 1.86. The average Bonchev–Trinajstić information content (AvgIpc) is 2.29. The van der Waals surface area contributed by atoms with E-state index < -0.39 is 0 Å². The number of nitrogens with zero attached hydrogens (tertiary/aromatic N) is 1. The summed E-state index contributed by atoms with van der Waals surface area (Å²) in [5.41, 5.74) is 1.14. The predicted octanol–water partition coefficient (Wildman–Crippen LogP) is 1.92. The van der Waals surface area contributed by atoms with Gasteiger partial charge in [0.1, 0.15) is 6.61 Å². The first-order chi connectivity index (χ1) is 7.76. The summed E-state index contributed by atoms with van der Waals surface area (Å²) in [6.07, 6.45) is 0.886. The van der Waals surface area contributed by atoms with Gasteiger partial charge in [0.05, 0.1) is 11.6 Å². The van der Waals surface area contributed by atoms with Crippen LogP contribution in [0.2, 0.25) is 0 Å². The number of hydrogen-bond acceptors (Lipinski definition) is 3. The van der Waals surface area contributed by atoms with Crippen molar-refractivity contribution in [2.24, 2.45) is 0 Å². The number of nitrogens with one attached hydrogen (secondary N) is 1. The highest BCUT2D eigenvalue weighted by molar-refractivity contribution is 5.91. The van der Waals surface area contributed by atoms with Crippen LogP contribution in [0.5, 0.6) is 0 Å². The van der Waals surface area contributed by atoms with Gasteiger partial charge < -0.3 is 10.1 Å². The number of amides is 1. The second-order valence-corrected chi connectivity index (χ2v) is 3.29. The molecule has 0 bridgehead atoms. The SMILES string of the molecule is CCCOCC(=O)Nc1cccc(C#N)c1. The van der Waals surface area contributed by atoms with Crippen molar-refractivity contribution < 1.29 is 9.53 Å². The van der Waals surface area contributed by atoms with Gasteiger partial charge in [-0.2, -0.15) is 5.26 Å². The maximum atomic E-state index is 11.4. The molecule has 0 radical (unpaired) electrons. The van der Waals surface area contributed by atoms with E-state index in [2.05, 4.69) is 5.32 Å². The molecule has 0 aromatic heterocycles. The van der Waals surface area contributed by atoms with Crippen LogP contribution in [0.15, 0.2) is 24.3 Å². The van der Waals surface area contributed by atoms with E-state index in [0.717, 1.165) is 6.42 Å². The van der Waals surface area contributed by atoms with Crippen molar-refractivity contribution >= 4 is 11.6 Å². The van der Waals surface area contributed by atoms with E-state index in [1.165, 1.54) is 0 Å². The molecule has 1 rings (SSSR count). The maximum Gasteiger partial charge on any atom is 0.250 e. The number of carbonyl (C=O) groups excluding carboxylic acids is 1. The molecule has 0 aliphatic rings. The molecule has 0 aliphatic carbocycles. The highest BCUT2D eigenvalue weighted by atomic mass is 16.5. The fourth-order valence-corrected chi connectivity index (χ4v) is 1.17. The van der Waals surface area contributed by atoms with Crippen LogP contribution in [-0.4, -0.2) is 19.1 Å². The molecule has 84 valence electrons. The molecule has 4 heteroatoms. The molecule has 4 nitrogen and oxygen atoms in total. The Balaban J connectivity index is 2.47. The molecule has 0 fully saturated rings. The molecular formula is C12H14N2O2. The van der Waals surface area contributed by atoms with Crippen LogP contribution in [0, 0.1) is 11.3 Å². The fraction of sp³-hybridized carbons (Fsp3) is 0.333. The summed E-state index contributed by atoms with van der Waals surface area (Å²) in [5.74, 6) is -0.205. The molecule has 0 spiro atoms. The van der Waals surface area contributed by atoms with Gasteiger partial charge in [-0.15, -0.1) is 0 Å². The molecular weight excluding hydrogens is 204 g/mol. The lowest BCUT2D eigenvalue weighted by atomic mass is 10.2. The largest absolute Gasteiger partial charge is 0.372 e. The molecule has 1 amide bonds. The smallest absolute Gasteiger partial charge is 0.250 e. The minimum absolute atomic E-state index is 0.0463. The van der Waals surface area contributed by atoms with E-state index in [0.29, 0.717) is 17.9 Å². The number of nitriles is 1. The van der Waals surface area contributed by atoms with Crippen LogP contribution < -0.4 is 5.32 Å².